The van der Waals surface area contributed by atoms with E-state index in [1.807, 2.05) is 35.0 Å². The molecule has 0 radical (unpaired) electrons. The van der Waals surface area contributed by atoms with E-state index in [1.165, 1.54) is 0 Å². The molecule has 0 spiro atoms. The maximum atomic E-state index is 10.7. The molecule has 0 aliphatic heterocycles. The molecule has 0 aromatic carbocycles. The molecule has 0 saturated heterocycles. The van der Waals surface area contributed by atoms with E-state index in [2.05, 4.69) is 17.0 Å². The summed E-state index contributed by atoms with van der Waals surface area (Å²) >= 11 is 0. The van der Waals surface area contributed by atoms with Gasteiger partial charge < -0.3 is 14.2 Å². The summed E-state index contributed by atoms with van der Waals surface area (Å²) in [4.78, 5) is 4.46. The topological polar surface area (TPSA) is 64.6 Å². The Labute approximate surface area is 122 Å². The third-order valence-corrected chi connectivity index (χ3v) is 3.42. The summed E-state index contributed by atoms with van der Waals surface area (Å²) in [5.74, 6) is 0.577. The van der Waals surface area contributed by atoms with Gasteiger partial charge in [-0.3, -0.25) is 4.68 Å². The van der Waals surface area contributed by atoms with Gasteiger partial charge in [0.25, 0.3) is 0 Å². The summed E-state index contributed by atoms with van der Waals surface area (Å²) < 4.78 is 8.96. The monoisotopic (exact) mass is 286 g/mol. The number of rotatable bonds is 5. The van der Waals surface area contributed by atoms with Crippen molar-refractivity contribution in [2.24, 2.45) is 0 Å². The number of aryl methyl sites for hydroxylation is 1. The maximum Gasteiger partial charge on any atom is 0.163 e. The molecule has 0 amide bonds. The fourth-order valence-corrected chi connectivity index (χ4v) is 2.43. The van der Waals surface area contributed by atoms with Crippen molar-refractivity contribution in [3.8, 4) is 5.75 Å². The standard InChI is InChI=1S/C15H18N4O2/c1-3-7-19-14(12(21-2)9-16-19)15(20)11-10-18-8-5-4-6-13(18)17-11/h4-6,8-10,15,20H,3,7H2,1-2H3. The molecule has 0 aliphatic rings. The van der Waals surface area contributed by atoms with E-state index >= 15 is 0 Å². The molecular formula is C15H18N4O2. The highest BCUT2D eigenvalue weighted by molar-refractivity contribution is 5.42. The van der Waals surface area contributed by atoms with Crippen molar-refractivity contribution in [3.63, 3.8) is 0 Å². The number of aromatic nitrogens is 4. The van der Waals surface area contributed by atoms with Crippen LogP contribution in [-0.4, -0.2) is 31.4 Å². The van der Waals surface area contributed by atoms with Crippen LogP contribution in [0.5, 0.6) is 5.75 Å². The molecular weight excluding hydrogens is 268 g/mol. The molecule has 3 aromatic heterocycles. The Morgan fingerprint density at radius 3 is 2.95 bits per heavy atom. The fourth-order valence-electron chi connectivity index (χ4n) is 2.43. The van der Waals surface area contributed by atoms with Crippen molar-refractivity contribution in [3.05, 3.63) is 48.2 Å². The molecule has 21 heavy (non-hydrogen) atoms. The van der Waals surface area contributed by atoms with Crippen molar-refractivity contribution in [1.82, 2.24) is 19.2 Å². The second kappa shape index (κ2) is 5.57. The predicted molar refractivity (Wildman–Crippen MR) is 78.3 cm³/mol. The summed E-state index contributed by atoms with van der Waals surface area (Å²) in [5, 5.41) is 15.0. The Hall–Kier alpha value is -2.34. The Morgan fingerprint density at radius 2 is 2.24 bits per heavy atom. The third-order valence-electron chi connectivity index (χ3n) is 3.42. The highest BCUT2D eigenvalue weighted by atomic mass is 16.5. The van der Waals surface area contributed by atoms with Crippen LogP contribution in [0.3, 0.4) is 0 Å². The van der Waals surface area contributed by atoms with Gasteiger partial charge in [0, 0.05) is 18.9 Å². The third kappa shape index (κ3) is 2.38. The molecule has 3 heterocycles. The minimum atomic E-state index is -0.867. The van der Waals surface area contributed by atoms with Crippen molar-refractivity contribution in [1.29, 1.82) is 0 Å². The van der Waals surface area contributed by atoms with Gasteiger partial charge in [0.2, 0.25) is 0 Å². The Morgan fingerprint density at radius 1 is 1.38 bits per heavy atom. The fraction of sp³-hybridized carbons (Fsp3) is 0.333. The van der Waals surface area contributed by atoms with Gasteiger partial charge in [-0.15, -0.1) is 0 Å². The zero-order valence-electron chi connectivity index (χ0n) is 12.1. The van der Waals surface area contributed by atoms with Gasteiger partial charge in [-0.25, -0.2) is 4.98 Å². The lowest BCUT2D eigenvalue weighted by Gasteiger charge is -2.12. The lowest BCUT2D eigenvalue weighted by Crippen LogP contribution is -2.11. The zero-order valence-corrected chi connectivity index (χ0v) is 12.1. The first-order valence-corrected chi connectivity index (χ1v) is 6.96. The molecule has 6 heteroatoms. The number of ether oxygens (including phenoxy) is 1. The SMILES string of the molecule is CCCn1ncc(OC)c1C(O)c1cn2ccccc2n1. The van der Waals surface area contributed by atoms with Gasteiger partial charge in [-0.1, -0.05) is 13.0 Å². The minimum Gasteiger partial charge on any atom is -0.493 e. The van der Waals surface area contributed by atoms with Gasteiger partial charge >= 0.3 is 0 Å². The summed E-state index contributed by atoms with van der Waals surface area (Å²) in [6.07, 6.45) is 5.41. The first-order chi connectivity index (χ1) is 10.2. The minimum absolute atomic E-state index is 0.577. The van der Waals surface area contributed by atoms with Crippen LogP contribution in [0.1, 0.15) is 30.8 Å². The zero-order chi connectivity index (χ0) is 14.8. The molecule has 0 bridgehead atoms. The van der Waals surface area contributed by atoms with Crippen LogP contribution in [0.15, 0.2) is 36.8 Å². The van der Waals surface area contributed by atoms with Crippen LogP contribution in [0.4, 0.5) is 0 Å². The van der Waals surface area contributed by atoms with Crippen molar-refractivity contribution < 1.29 is 9.84 Å². The Balaban J connectivity index is 2.04. The Bertz CT molecular complexity index is 714. The highest BCUT2D eigenvalue weighted by Crippen LogP contribution is 2.29. The van der Waals surface area contributed by atoms with Gasteiger partial charge in [0.15, 0.2) is 5.75 Å². The van der Waals surface area contributed by atoms with Crippen LogP contribution in [-0.2, 0) is 6.54 Å². The van der Waals surface area contributed by atoms with E-state index in [-0.39, 0.29) is 0 Å². The highest BCUT2D eigenvalue weighted by Gasteiger charge is 2.23. The number of pyridine rings is 1. The number of imidazole rings is 1. The van der Waals surface area contributed by atoms with Crippen LogP contribution < -0.4 is 4.74 Å². The first-order valence-electron chi connectivity index (χ1n) is 6.96. The normalized spacial score (nSPS) is 12.7. The van der Waals surface area contributed by atoms with E-state index in [0.717, 1.165) is 18.6 Å². The smallest absolute Gasteiger partial charge is 0.163 e. The number of hydrogen-bond acceptors (Lipinski definition) is 4. The molecule has 1 atom stereocenters. The molecule has 0 aliphatic carbocycles. The van der Waals surface area contributed by atoms with Crippen LogP contribution in [0, 0.1) is 0 Å². The van der Waals surface area contributed by atoms with Crippen LogP contribution in [0.2, 0.25) is 0 Å². The average Bonchev–Trinajstić information content (AvgIpc) is 3.10. The van der Waals surface area contributed by atoms with E-state index in [1.54, 1.807) is 18.0 Å². The molecule has 6 nitrogen and oxygen atoms in total. The number of nitrogens with zero attached hydrogens (tertiary/aromatic N) is 4. The van der Waals surface area contributed by atoms with Gasteiger partial charge in [-0.2, -0.15) is 5.10 Å². The number of fused-ring (bicyclic) bond motifs is 1. The first kappa shape index (κ1) is 13.6. The quantitative estimate of drug-likeness (QED) is 0.779. The molecule has 3 aromatic rings. The van der Waals surface area contributed by atoms with Gasteiger partial charge in [0.05, 0.1) is 19.0 Å². The predicted octanol–water partition coefficient (Wildman–Crippen LogP) is 2.03. The second-order valence-corrected chi connectivity index (χ2v) is 4.86. The second-order valence-electron chi connectivity index (χ2n) is 4.86. The largest absolute Gasteiger partial charge is 0.493 e. The number of aliphatic hydroxyl groups is 1. The maximum absolute atomic E-state index is 10.7. The van der Waals surface area contributed by atoms with Crippen LogP contribution >= 0.6 is 0 Å². The lowest BCUT2D eigenvalue weighted by molar-refractivity contribution is 0.198. The summed E-state index contributed by atoms with van der Waals surface area (Å²) in [6, 6.07) is 5.74. The van der Waals surface area contributed by atoms with Gasteiger partial charge in [0.1, 0.15) is 17.4 Å². The average molecular weight is 286 g/mol. The van der Waals surface area contributed by atoms with Crippen molar-refractivity contribution >= 4 is 5.65 Å². The van der Waals surface area contributed by atoms with E-state index < -0.39 is 6.10 Å². The molecule has 1 N–H and O–H groups in total. The lowest BCUT2D eigenvalue weighted by atomic mass is 10.2. The van der Waals surface area contributed by atoms with E-state index in [9.17, 15) is 5.11 Å². The summed E-state index contributed by atoms with van der Waals surface area (Å²) in [5.41, 5.74) is 2.02. The number of aliphatic hydroxyl groups excluding tert-OH is 1. The van der Waals surface area contributed by atoms with E-state index in [0.29, 0.717) is 17.1 Å². The number of hydrogen-bond donors (Lipinski definition) is 1. The molecule has 110 valence electrons. The molecule has 0 fully saturated rings. The van der Waals surface area contributed by atoms with E-state index in [4.69, 9.17) is 4.74 Å². The van der Waals surface area contributed by atoms with Crippen molar-refractivity contribution in [2.45, 2.75) is 26.0 Å². The molecule has 0 saturated carbocycles. The summed E-state index contributed by atoms with van der Waals surface area (Å²) in [7, 11) is 1.58. The van der Waals surface area contributed by atoms with Gasteiger partial charge in [-0.05, 0) is 18.6 Å². The number of methoxy groups -OCH3 is 1. The molecule has 3 rings (SSSR count). The summed E-state index contributed by atoms with van der Waals surface area (Å²) in [6.45, 7) is 2.79. The van der Waals surface area contributed by atoms with Crippen molar-refractivity contribution in [2.75, 3.05) is 7.11 Å². The Kier molecular flexibility index (Phi) is 3.62. The molecule has 1 unspecified atom stereocenters. The van der Waals surface area contributed by atoms with Crippen LogP contribution in [0.25, 0.3) is 5.65 Å².